The van der Waals surface area contributed by atoms with E-state index in [-0.39, 0.29) is 0 Å². The van der Waals surface area contributed by atoms with E-state index in [1.807, 2.05) is 0 Å². The van der Waals surface area contributed by atoms with E-state index >= 15 is 0 Å². The molecule has 9 N–H and O–H groups in total. The Morgan fingerprint density at radius 1 is 0.870 bits per heavy atom. The predicted octanol–water partition coefficient (Wildman–Crippen LogP) is -6.01. The molecular formula is C12H22O11. The van der Waals surface area contributed by atoms with E-state index in [0.717, 1.165) is 0 Å². The zero-order valence-corrected chi connectivity index (χ0v) is 12.0. The zero-order valence-electron chi connectivity index (χ0n) is 12.0. The number of aliphatic hydroxyl groups excluding tert-OH is 7. The van der Waals surface area contributed by atoms with E-state index in [4.69, 9.17) is 14.6 Å². The summed E-state index contributed by atoms with van der Waals surface area (Å²) in [5.41, 5.74) is -6.12. The van der Waals surface area contributed by atoms with Crippen LogP contribution in [0.2, 0.25) is 0 Å². The van der Waals surface area contributed by atoms with Crippen molar-refractivity contribution in [3.05, 3.63) is 0 Å². The van der Waals surface area contributed by atoms with Crippen molar-refractivity contribution in [2.45, 2.75) is 54.1 Å². The van der Waals surface area contributed by atoms with Crippen LogP contribution in [0.1, 0.15) is 0 Å². The van der Waals surface area contributed by atoms with Crippen molar-refractivity contribution in [2.24, 2.45) is 0 Å². The molecule has 0 aliphatic carbocycles. The summed E-state index contributed by atoms with van der Waals surface area (Å²) in [4.78, 5) is 0. The van der Waals surface area contributed by atoms with E-state index in [1.165, 1.54) is 0 Å². The Morgan fingerprint density at radius 3 is 2.00 bits per heavy atom. The lowest BCUT2D eigenvalue weighted by molar-refractivity contribution is -0.407. The van der Waals surface area contributed by atoms with E-state index in [9.17, 15) is 40.9 Å². The maximum Gasteiger partial charge on any atom is 0.190 e. The number of hydrogen-bond donors (Lipinski definition) is 9. The summed E-state index contributed by atoms with van der Waals surface area (Å²) in [5, 5.41) is 89.6. The highest BCUT2D eigenvalue weighted by Crippen LogP contribution is 2.44. The lowest BCUT2D eigenvalue weighted by atomic mass is 9.66. The van der Waals surface area contributed by atoms with Gasteiger partial charge in [0.15, 0.2) is 17.5 Å². The molecule has 2 aliphatic rings. The first-order valence-electron chi connectivity index (χ1n) is 7.00. The molecule has 136 valence electrons. The fraction of sp³-hybridized carbons (Fsp3) is 1.00. The summed E-state index contributed by atoms with van der Waals surface area (Å²) in [6, 6.07) is 0. The lowest BCUT2D eigenvalue weighted by Crippen LogP contribution is -2.84. The van der Waals surface area contributed by atoms with Crippen molar-refractivity contribution in [3.63, 3.8) is 0 Å². The molecule has 2 heterocycles. The Labute approximate surface area is 130 Å². The minimum Gasteiger partial charge on any atom is -0.394 e. The van der Waals surface area contributed by atoms with Crippen LogP contribution < -0.4 is 0 Å². The van der Waals surface area contributed by atoms with E-state index in [1.54, 1.807) is 0 Å². The summed E-state index contributed by atoms with van der Waals surface area (Å²) in [7, 11) is 0. The van der Waals surface area contributed by atoms with Gasteiger partial charge in [-0.05, 0) is 0 Å². The summed E-state index contributed by atoms with van der Waals surface area (Å²) in [6.45, 7) is -2.24. The van der Waals surface area contributed by atoms with Gasteiger partial charge in [-0.1, -0.05) is 0 Å². The van der Waals surface area contributed by atoms with Gasteiger partial charge in [0, 0.05) is 0 Å². The Bertz CT molecular complexity index is 418. The van der Waals surface area contributed by atoms with Crippen molar-refractivity contribution in [3.8, 4) is 0 Å². The van der Waals surface area contributed by atoms with Crippen molar-refractivity contribution >= 4 is 0 Å². The molecule has 0 radical (unpaired) electrons. The van der Waals surface area contributed by atoms with Gasteiger partial charge in [0.1, 0.15) is 36.6 Å². The van der Waals surface area contributed by atoms with E-state index < -0.39 is 73.9 Å². The maximum atomic E-state index is 10.8. The van der Waals surface area contributed by atoms with Gasteiger partial charge in [0.2, 0.25) is 0 Å². The second kappa shape index (κ2) is 6.46. The second-order valence-corrected chi connectivity index (χ2v) is 5.81. The van der Waals surface area contributed by atoms with Crippen LogP contribution >= 0.6 is 0 Å². The third kappa shape index (κ3) is 2.49. The Hall–Kier alpha value is -0.440. The molecule has 0 bridgehead atoms. The fourth-order valence-corrected chi connectivity index (χ4v) is 3.15. The molecule has 23 heavy (non-hydrogen) atoms. The van der Waals surface area contributed by atoms with Gasteiger partial charge in [-0.25, -0.2) is 0 Å². The smallest absolute Gasteiger partial charge is 0.190 e. The van der Waals surface area contributed by atoms with Crippen LogP contribution in [0.5, 0.6) is 0 Å². The van der Waals surface area contributed by atoms with Crippen LogP contribution in [-0.2, 0) is 9.47 Å². The second-order valence-electron chi connectivity index (χ2n) is 5.81. The van der Waals surface area contributed by atoms with E-state index in [2.05, 4.69) is 0 Å². The molecule has 0 unspecified atom stereocenters. The van der Waals surface area contributed by atoms with Crippen LogP contribution in [-0.4, -0.2) is 120 Å². The zero-order chi connectivity index (χ0) is 17.6. The standard InChI is InChI=1S/C12H22O11/c13-1-5-7(16)9(18)12(21,10(19)23-5)11(20)6(2-14)22-3-4(15)8(11)17/h4-10,13-21H,1-3H2/t4-,5+,6+,7+,8+,9-,10-,11-,12+/m0/s1. The first-order valence-corrected chi connectivity index (χ1v) is 7.00. The van der Waals surface area contributed by atoms with Gasteiger partial charge in [-0.2, -0.15) is 0 Å². The first kappa shape index (κ1) is 18.9. The van der Waals surface area contributed by atoms with Gasteiger partial charge in [0.25, 0.3) is 0 Å². The van der Waals surface area contributed by atoms with E-state index in [0.29, 0.717) is 0 Å². The summed E-state index contributed by atoms with van der Waals surface area (Å²) < 4.78 is 9.73. The topological polar surface area (TPSA) is 201 Å². The number of hydrogen-bond acceptors (Lipinski definition) is 11. The molecule has 9 atom stereocenters. The molecular weight excluding hydrogens is 320 g/mol. The Balaban J connectivity index is 2.49. The molecule has 0 spiro atoms. The Morgan fingerprint density at radius 2 is 1.48 bits per heavy atom. The van der Waals surface area contributed by atoms with Gasteiger partial charge >= 0.3 is 0 Å². The average molecular weight is 342 g/mol. The van der Waals surface area contributed by atoms with Crippen molar-refractivity contribution in [2.75, 3.05) is 19.8 Å². The van der Waals surface area contributed by atoms with Gasteiger partial charge in [-0.3, -0.25) is 0 Å². The minimum atomic E-state index is -3.13. The molecule has 11 heteroatoms. The molecule has 0 aromatic heterocycles. The predicted molar refractivity (Wildman–Crippen MR) is 68.7 cm³/mol. The van der Waals surface area contributed by atoms with Crippen LogP contribution in [0.25, 0.3) is 0 Å². The molecule has 2 fully saturated rings. The SMILES string of the molecule is OC[C@H]1O[C@H](O)[C@@](O)([C@@]2(O)[C@H](O)[C@@H](O)CO[C@@H]2CO)[C@@H](O)[C@@H]1O. The normalized spacial score (nSPS) is 54.9. The summed E-state index contributed by atoms with van der Waals surface area (Å²) in [6.07, 6.45) is -13.7. The van der Waals surface area contributed by atoms with Crippen molar-refractivity contribution in [1.29, 1.82) is 0 Å². The molecule has 0 amide bonds. The van der Waals surface area contributed by atoms with Gasteiger partial charge in [0.05, 0.1) is 19.8 Å². The van der Waals surface area contributed by atoms with Crippen molar-refractivity contribution < 1.29 is 55.4 Å². The molecule has 0 saturated carbocycles. The molecule has 0 aromatic carbocycles. The van der Waals surface area contributed by atoms with Crippen LogP contribution in [0, 0.1) is 0 Å². The highest BCUT2D eigenvalue weighted by atomic mass is 16.7. The van der Waals surface area contributed by atoms with Crippen LogP contribution in [0.15, 0.2) is 0 Å². The number of rotatable bonds is 3. The number of aliphatic hydroxyl groups is 9. The number of ether oxygens (including phenoxy) is 2. The molecule has 11 nitrogen and oxygen atoms in total. The van der Waals surface area contributed by atoms with Gasteiger partial charge in [-0.15, -0.1) is 0 Å². The van der Waals surface area contributed by atoms with Crippen molar-refractivity contribution in [1.82, 2.24) is 0 Å². The Kier molecular flexibility index (Phi) is 5.31. The summed E-state index contributed by atoms with van der Waals surface area (Å²) >= 11 is 0. The summed E-state index contributed by atoms with van der Waals surface area (Å²) in [5.74, 6) is 0. The average Bonchev–Trinajstić information content (AvgIpc) is 2.54. The van der Waals surface area contributed by atoms with Crippen LogP contribution in [0.4, 0.5) is 0 Å². The highest BCUT2D eigenvalue weighted by molar-refractivity contribution is 5.19. The minimum absolute atomic E-state index is 0.486. The highest BCUT2D eigenvalue weighted by Gasteiger charge is 2.72. The fourth-order valence-electron chi connectivity index (χ4n) is 3.15. The molecule has 2 saturated heterocycles. The molecule has 2 rings (SSSR count). The van der Waals surface area contributed by atoms with Crippen LogP contribution in [0.3, 0.4) is 0 Å². The third-order valence-electron chi connectivity index (χ3n) is 4.60. The van der Waals surface area contributed by atoms with Gasteiger partial charge < -0.3 is 55.4 Å². The monoisotopic (exact) mass is 342 g/mol. The largest absolute Gasteiger partial charge is 0.394 e. The third-order valence-corrected chi connectivity index (χ3v) is 4.60. The maximum absolute atomic E-state index is 10.8. The quantitative estimate of drug-likeness (QED) is 0.236. The first-order chi connectivity index (χ1) is 10.7. The molecule has 2 aliphatic heterocycles. The molecule has 0 aromatic rings. The lowest BCUT2D eigenvalue weighted by Gasteiger charge is -2.58.